The minimum atomic E-state index is -0.592. The van der Waals surface area contributed by atoms with Crippen molar-refractivity contribution in [3.63, 3.8) is 0 Å². The van der Waals surface area contributed by atoms with E-state index in [0.29, 0.717) is 33.2 Å². The quantitative estimate of drug-likeness (QED) is 0.249. The number of amides is 2. The van der Waals surface area contributed by atoms with E-state index in [4.69, 9.17) is 20.8 Å². The smallest absolute Gasteiger partial charge is 0.338 e. The second-order valence-electron chi connectivity index (χ2n) is 7.97. The Balaban J connectivity index is 1.51. The molecule has 0 aliphatic carbocycles. The van der Waals surface area contributed by atoms with Gasteiger partial charge in [0, 0.05) is 28.3 Å². The largest absolute Gasteiger partial charge is 0.457 e. The fourth-order valence-electron chi connectivity index (χ4n) is 3.76. The summed E-state index contributed by atoms with van der Waals surface area (Å²) in [5.41, 5.74) is 2.29. The molecular formula is C28H21ClN2O5. The molecule has 2 amide bonds. The Morgan fingerprint density at radius 3 is 2.47 bits per heavy atom. The van der Waals surface area contributed by atoms with E-state index in [2.05, 4.69) is 0 Å². The predicted octanol–water partition coefficient (Wildman–Crippen LogP) is 5.57. The Bertz CT molecular complexity index is 1460. The number of hydrogen-bond acceptors (Lipinski definition) is 6. The van der Waals surface area contributed by atoms with Gasteiger partial charge in [0.05, 0.1) is 5.56 Å². The summed E-state index contributed by atoms with van der Waals surface area (Å²) in [6, 6.07) is 19.2. The third-order valence-electron chi connectivity index (χ3n) is 5.78. The zero-order valence-electron chi connectivity index (χ0n) is 19.6. The molecule has 0 radical (unpaired) electrons. The molecule has 1 aliphatic heterocycles. The first-order valence-corrected chi connectivity index (χ1v) is 11.5. The summed E-state index contributed by atoms with van der Waals surface area (Å²) in [5, 5.41) is 9.91. The van der Waals surface area contributed by atoms with E-state index in [0.717, 1.165) is 10.5 Å². The maximum Gasteiger partial charge on any atom is 0.338 e. The zero-order chi connectivity index (χ0) is 25.8. The van der Waals surface area contributed by atoms with Gasteiger partial charge in [-0.3, -0.25) is 14.5 Å². The number of ether oxygens (including phenoxy) is 1. The minimum absolute atomic E-state index is 0.0634. The van der Waals surface area contributed by atoms with Gasteiger partial charge in [-0.1, -0.05) is 41.9 Å². The van der Waals surface area contributed by atoms with Gasteiger partial charge in [0.25, 0.3) is 11.8 Å². The molecule has 0 spiro atoms. The number of benzene rings is 2. The summed E-state index contributed by atoms with van der Waals surface area (Å²) in [5.74, 6) is -0.639. The lowest BCUT2D eigenvalue weighted by Gasteiger charge is -2.25. The van der Waals surface area contributed by atoms with Crippen LogP contribution in [0.1, 0.15) is 35.5 Å². The Morgan fingerprint density at radius 1 is 1.08 bits per heavy atom. The van der Waals surface area contributed by atoms with Crippen molar-refractivity contribution in [2.75, 3.05) is 6.54 Å². The molecule has 3 aromatic rings. The van der Waals surface area contributed by atoms with Crippen molar-refractivity contribution in [1.82, 2.24) is 4.90 Å². The third-order valence-corrected chi connectivity index (χ3v) is 6.15. The van der Waals surface area contributed by atoms with Crippen LogP contribution in [0.3, 0.4) is 0 Å². The highest BCUT2D eigenvalue weighted by atomic mass is 35.5. The van der Waals surface area contributed by atoms with Crippen molar-refractivity contribution in [2.45, 2.75) is 20.5 Å². The van der Waals surface area contributed by atoms with Gasteiger partial charge in [-0.15, -0.1) is 0 Å². The number of halogens is 1. The molecule has 2 aromatic carbocycles. The van der Waals surface area contributed by atoms with E-state index in [1.807, 2.05) is 12.1 Å². The predicted molar refractivity (Wildman–Crippen MR) is 133 cm³/mol. The molecular weight excluding hydrogens is 480 g/mol. The SMILES string of the molecule is CCN1C(=O)C(C#N)=C(C)/C(=C\c2ccc(-c3ccc(C(=O)OCc4ccccc4Cl)cc3)o2)C1=O. The topological polar surface area (TPSA) is 101 Å². The van der Waals surface area contributed by atoms with Crippen LogP contribution < -0.4 is 0 Å². The normalized spacial score (nSPS) is 14.8. The highest BCUT2D eigenvalue weighted by Crippen LogP contribution is 2.29. The maximum atomic E-state index is 12.8. The Labute approximate surface area is 212 Å². The molecule has 2 heterocycles. The number of rotatable bonds is 6. The van der Waals surface area contributed by atoms with Crippen LogP contribution in [0.2, 0.25) is 5.02 Å². The molecule has 36 heavy (non-hydrogen) atoms. The second kappa shape index (κ2) is 10.5. The van der Waals surface area contributed by atoms with Crippen molar-refractivity contribution in [2.24, 2.45) is 0 Å². The number of imide groups is 1. The first kappa shape index (κ1) is 24.7. The van der Waals surface area contributed by atoms with Gasteiger partial charge in [-0.2, -0.15) is 5.26 Å². The van der Waals surface area contributed by atoms with Gasteiger partial charge in [0.1, 0.15) is 29.8 Å². The fourth-order valence-corrected chi connectivity index (χ4v) is 3.95. The number of hydrogen-bond donors (Lipinski definition) is 0. The van der Waals surface area contributed by atoms with E-state index in [1.165, 1.54) is 6.08 Å². The lowest BCUT2D eigenvalue weighted by Crippen LogP contribution is -2.42. The van der Waals surface area contributed by atoms with Crippen LogP contribution in [0.4, 0.5) is 0 Å². The summed E-state index contributed by atoms with van der Waals surface area (Å²) in [7, 11) is 0. The molecule has 0 atom stereocenters. The van der Waals surface area contributed by atoms with Gasteiger partial charge in [-0.05, 0) is 55.8 Å². The molecule has 1 aromatic heterocycles. The van der Waals surface area contributed by atoms with Crippen molar-refractivity contribution < 1.29 is 23.5 Å². The number of carbonyl (C=O) groups is 3. The van der Waals surface area contributed by atoms with E-state index >= 15 is 0 Å². The lowest BCUT2D eigenvalue weighted by molar-refractivity contribution is -0.140. The van der Waals surface area contributed by atoms with Gasteiger partial charge in [-0.25, -0.2) is 4.79 Å². The average Bonchev–Trinajstić information content (AvgIpc) is 3.35. The molecule has 0 bridgehead atoms. The first-order valence-electron chi connectivity index (χ1n) is 11.1. The molecule has 1 aliphatic rings. The fraction of sp³-hybridized carbons (Fsp3) is 0.143. The van der Waals surface area contributed by atoms with Crippen LogP contribution >= 0.6 is 11.6 Å². The summed E-state index contributed by atoms with van der Waals surface area (Å²) in [4.78, 5) is 38.6. The summed E-state index contributed by atoms with van der Waals surface area (Å²) < 4.78 is 11.2. The molecule has 0 fully saturated rings. The molecule has 4 rings (SSSR count). The average molecular weight is 501 g/mol. The standard InChI is InChI=1S/C28H21ClN2O5/c1-3-31-26(32)22(17(2)23(15-30)27(31)33)14-21-12-13-25(36-21)18-8-10-19(11-9-18)28(34)35-16-20-6-4-5-7-24(20)29/h4-14H,3,16H2,1-2H3/b22-14+. The molecule has 8 heteroatoms. The molecule has 0 N–H and O–H groups in total. The number of likely N-dealkylation sites (N-methyl/N-ethyl adjacent to an activating group) is 1. The Kier molecular flexibility index (Phi) is 7.18. The van der Waals surface area contributed by atoms with Gasteiger partial charge < -0.3 is 9.15 Å². The highest BCUT2D eigenvalue weighted by molar-refractivity contribution is 6.31. The monoisotopic (exact) mass is 500 g/mol. The van der Waals surface area contributed by atoms with E-state index in [-0.39, 0.29) is 24.3 Å². The van der Waals surface area contributed by atoms with E-state index < -0.39 is 17.8 Å². The number of furan rings is 1. The number of carbonyl (C=O) groups excluding carboxylic acids is 3. The number of nitriles is 1. The van der Waals surface area contributed by atoms with E-state index in [1.54, 1.807) is 68.4 Å². The number of nitrogens with zero attached hydrogens (tertiary/aromatic N) is 2. The van der Waals surface area contributed by atoms with Crippen LogP contribution in [-0.4, -0.2) is 29.2 Å². The molecule has 0 saturated heterocycles. The first-order chi connectivity index (χ1) is 17.3. The van der Waals surface area contributed by atoms with Crippen molar-refractivity contribution in [3.05, 3.63) is 99.3 Å². The van der Waals surface area contributed by atoms with Crippen molar-refractivity contribution in [1.29, 1.82) is 5.26 Å². The van der Waals surface area contributed by atoms with Crippen LogP contribution in [0.15, 0.2) is 81.8 Å². The molecule has 0 unspecified atom stereocenters. The van der Waals surface area contributed by atoms with Gasteiger partial charge in [0.15, 0.2) is 0 Å². The maximum absolute atomic E-state index is 12.8. The molecule has 180 valence electrons. The van der Waals surface area contributed by atoms with Gasteiger partial charge >= 0.3 is 5.97 Å². The van der Waals surface area contributed by atoms with Crippen molar-refractivity contribution in [3.8, 4) is 17.4 Å². The Morgan fingerprint density at radius 2 is 1.81 bits per heavy atom. The lowest BCUT2D eigenvalue weighted by atomic mass is 9.95. The van der Waals surface area contributed by atoms with Crippen LogP contribution in [0.5, 0.6) is 0 Å². The molecule has 7 nitrogen and oxygen atoms in total. The zero-order valence-corrected chi connectivity index (χ0v) is 20.3. The summed E-state index contributed by atoms with van der Waals surface area (Å²) >= 11 is 6.10. The second-order valence-corrected chi connectivity index (χ2v) is 8.38. The summed E-state index contributed by atoms with van der Waals surface area (Å²) in [6.07, 6.45) is 1.52. The number of esters is 1. The highest BCUT2D eigenvalue weighted by Gasteiger charge is 2.34. The van der Waals surface area contributed by atoms with E-state index in [9.17, 15) is 19.6 Å². The molecule has 0 saturated carbocycles. The van der Waals surface area contributed by atoms with Crippen molar-refractivity contribution >= 4 is 35.5 Å². The van der Waals surface area contributed by atoms with Crippen LogP contribution in [-0.2, 0) is 20.9 Å². The van der Waals surface area contributed by atoms with Crippen LogP contribution in [0, 0.1) is 11.3 Å². The summed E-state index contributed by atoms with van der Waals surface area (Å²) in [6.45, 7) is 3.46. The minimum Gasteiger partial charge on any atom is -0.457 e. The third kappa shape index (κ3) is 4.85. The van der Waals surface area contributed by atoms with Crippen LogP contribution in [0.25, 0.3) is 17.4 Å². The Hall–Kier alpha value is -4.41. The van der Waals surface area contributed by atoms with Gasteiger partial charge in [0.2, 0.25) is 0 Å².